The zero-order valence-corrected chi connectivity index (χ0v) is 4.75. The maximum absolute atomic E-state index is 8.05. The summed E-state index contributed by atoms with van der Waals surface area (Å²) in [5.41, 5.74) is 6.69. The third-order valence-electron chi connectivity index (χ3n) is 0.587. The second-order valence-electron chi connectivity index (χ2n) is 1.22. The SMILES string of the molecule is CC(C#N)C([NH])=S. The van der Waals surface area contributed by atoms with Crippen molar-refractivity contribution in [2.24, 2.45) is 5.92 Å². The molecule has 0 fully saturated rings. The van der Waals surface area contributed by atoms with Crippen LogP contribution in [0.3, 0.4) is 0 Å². The minimum absolute atomic E-state index is 0.0162. The number of nitrogens with zero attached hydrogens (tertiary/aromatic N) is 1. The maximum atomic E-state index is 8.05. The monoisotopic (exact) mass is 113 g/mol. The lowest BCUT2D eigenvalue weighted by Gasteiger charge is -1.90. The van der Waals surface area contributed by atoms with E-state index in [1.165, 1.54) is 0 Å². The fraction of sp³-hybridized carbons (Fsp3) is 0.500. The van der Waals surface area contributed by atoms with Gasteiger partial charge in [-0.1, -0.05) is 12.2 Å². The topological polar surface area (TPSA) is 47.6 Å². The summed E-state index contributed by atoms with van der Waals surface area (Å²) in [7, 11) is 0. The van der Waals surface area contributed by atoms with Gasteiger partial charge in [0.25, 0.3) is 0 Å². The quantitative estimate of drug-likeness (QED) is 0.471. The lowest BCUT2D eigenvalue weighted by atomic mass is 10.2. The average Bonchev–Trinajstić information content (AvgIpc) is 1.65. The standard InChI is InChI=1S/C4H5N2S/c1-3(2-5)4(6)7/h3,6H,1H3. The fourth-order valence-corrected chi connectivity index (χ4v) is 0.111. The van der Waals surface area contributed by atoms with Crippen LogP contribution in [-0.2, 0) is 0 Å². The normalized spacial score (nSPS) is 12.0. The lowest BCUT2D eigenvalue weighted by molar-refractivity contribution is 1.02. The van der Waals surface area contributed by atoms with Crippen LogP contribution in [0.2, 0.25) is 0 Å². The van der Waals surface area contributed by atoms with E-state index in [2.05, 4.69) is 12.2 Å². The predicted molar refractivity (Wildman–Crippen MR) is 30.5 cm³/mol. The molecule has 0 saturated heterocycles. The molecule has 37 valence electrons. The third-order valence-corrected chi connectivity index (χ3v) is 0.940. The molecule has 1 N–H and O–H groups in total. The highest BCUT2D eigenvalue weighted by molar-refractivity contribution is 7.80. The minimum atomic E-state index is -0.394. The second-order valence-corrected chi connectivity index (χ2v) is 1.65. The molecule has 7 heavy (non-hydrogen) atoms. The molecule has 0 aliphatic rings. The molecule has 1 atom stereocenters. The molecule has 0 aliphatic heterocycles. The van der Waals surface area contributed by atoms with Crippen molar-refractivity contribution >= 4 is 17.2 Å². The van der Waals surface area contributed by atoms with E-state index in [1.54, 1.807) is 6.92 Å². The molecule has 0 aliphatic carbocycles. The van der Waals surface area contributed by atoms with Crippen molar-refractivity contribution in [1.29, 1.82) is 5.26 Å². The van der Waals surface area contributed by atoms with Crippen molar-refractivity contribution in [3.05, 3.63) is 0 Å². The van der Waals surface area contributed by atoms with E-state index < -0.39 is 5.92 Å². The van der Waals surface area contributed by atoms with Gasteiger partial charge in [-0.05, 0) is 6.92 Å². The first-order valence-corrected chi connectivity index (χ1v) is 2.24. The van der Waals surface area contributed by atoms with Crippen LogP contribution in [0.1, 0.15) is 6.92 Å². The Bertz CT molecular complexity index is 113. The molecule has 1 unspecified atom stereocenters. The van der Waals surface area contributed by atoms with Crippen molar-refractivity contribution in [1.82, 2.24) is 5.73 Å². The molecule has 0 saturated carbocycles. The Morgan fingerprint density at radius 2 is 2.43 bits per heavy atom. The molecule has 0 aromatic heterocycles. The largest absolute Gasteiger partial charge is 0.293 e. The van der Waals surface area contributed by atoms with Crippen molar-refractivity contribution in [3.63, 3.8) is 0 Å². The van der Waals surface area contributed by atoms with Gasteiger partial charge in [-0.2, -0.15) is 5.26 Å². The highest BCUT2D eigenvalue weighted by atomic mass is 32.1. The molecule has 2 nitrogen and oxygen atoms in total. The lowest BCUT2D eigenvalue weighted by Crippen LogP contribution is -2.05. The smallest absolute Gasteiger partial charge is 0.111 e. The highest BCUT2D eigenvalue weighted by Crippen LogP contribution is 1.90. The van der Waals surface area contributed by atoms with E-state index in [0.29, 0.717) is 0 Å². The van der Waals surface area contributed by atoms with Crippen molar-refractivity contribution < 1.29 is 0 Å². The van der Waals surface area contributed by atoms with Gasteiger partial charge in [0.15, 0.2) is 0 Å². The molecule has 3 heteroatoms. The molecule has 0 spiro atoms. The van der Waals surface area contributed by atoms with Crippen LogP contribution >= 0.6 is 12.2 Å². The molecular weight excluding hydrogens is 108 g/mol. The first-order chi connectivity index (χ1) is 3.18. The van der Waals surface area contributed by atoms with E-state index in [0.717, 1.165) is 0 Å². The number of nitrogens with one attached hydrogen (secondary N) is 1. The Hall–Kier alpha value is -0.620. The van der Waals surface area contributed by atoms with Crippen LogP contribution in [0.15, 0.2) is 0 Å². The van der Waals surface area contributed by atoms with Crippen molar-refractivity contribution in [3.8, 4) is 6.07 Å². The summed E-state index contributed by atoms with van der Waals surface area (Å²) in [5, 5.41) is 8.05. The Balaban J connectivity index is 3.63. The zero-order chi connectivity index (χ0) is 5.86. The van der Waals surface area contributed by atoms with Crippen LogP contribution in [-0.4, -0.2) is 4.99 Å². The Labute approximate surface area is 47.9 Å². The van der Waals surface area contributed by atoms with Crippen LogP contribution in [0.4, 0.5) is 0 Å². The van der Waals surface area contributed by atoms with Gasteiger partial charge < -0.3 is 0 Å². The molecule has 0 bridgehead atoms. The van der Waals surface area contributed by atoms with Crippen LogP contribution in [0, 0.1) is 17.2 Å². The summed E-state index contributed by atoms with van der Waals surface area (Å²) < 4.78 is 0. The fourth-order valence-electron chi connectivity index (χ4n) is 0.0586. The summed E-state index contributed by atoms with van der Waals surface area (Å²) in [6, 6.07) is 1.84. The van der Waals surface area contributed by atoms with Crippen molar-refractivity contribution in [2.45, 2.75) is 6.92 Å². The molecule has 0 amide bonds. The molecular formula is C4H5N2S. The predicted octanol–water partition coefficient (Wildman–Crippen LogP) is 0.756. The van der Waals surface area contributed by atoms with E-state index in [4.69, 9.17) is 11.0 Å². The van der Waals surface area contributed by atoms with Gasteiger partial charge in [0.2, 0.25) is 0 Å². The Morgan fingerprint density at radius 3 is 2.43 bits per heavy atom. The van der Waals surface area contributed by atoms with E-state index >= 15 is 0 Å². The summed E-state index contributed by atoms with van der Waals surface area (Å²) in [5.74, 6) is -0.394. The van der Waals surface area contributed by atoms with E-state index in [9.17, 15) is 0 Å². The molecule has 1 radical (unpaired) electrons. The minimum Gasteiger partial charge on any atom is -0.293 e. The van der Waals surface area contributed by atoms with Gasteiger partial charge in [-0.25, -0.2) is 0 Å². The first-order valence-electron chi connectivity index (χ1n) is 1.83. The first kappa shape index (κ1) is 6.38. The molecule has 0 aromatic carbocycles. The van der Waals surface area contributed by atoms with Crippen LogP contribution in [0.25, 0.3) is 0 Å². The summed E-state index contributed by atoms with van der Waals surface area (Å²) in [6.07, 6.45) is 0. The molecule has 0 aromatic rings. The van der Waals surface area contributed by atoms with E-state index in [1.807, 2.05) is 6.07 Å². The number of hydrogen-bond acceptors (Lipinski definition) is 2. The van der Waals surface area contributed by atoms with Gasteiger partial charge >= 0.3 is 0 Å². The third kappa shape index (κ3) is 2.12. The number of hydrogen-bond donors (Lipinski definition) is 0. The van der Waals surface area contributed by atoms with Gasteiger partial charge in [-0.15, -0.1) is 0 Å². The summed E-state index contributed by atoms with van der Waals surface area (Å²) in [4.78, 5) is 0.0162. The number of thiocarbonyl (C=S) groups is 1. The van der Waals surface area contributed by atoms with Crippen molar-refractivity contribution in [2.75, 3.05) is 0 Å². The summed E-state index contributed by atoms with van der Waals surface area (Å²) >= 11 is 4.36. The van der Waals surface area contributed by atoms with Gasteiger partial charge in [-0.3, -0.25) is 5.73 Å². The summed E-state index contributed by atoms with van der Waals surface area (Å²) in [6.45, 7) is 1.61. The van der Waals surface area contributed by atoms with Gasteiger partial charge in [0, 0.05) is 0 Å². The van der Waals surface area contributed by atoms with Crippen LogP contribution in [0.5, 0.6) is 0 Å². The number of nitriles is 1. The average molecular weight is 113 g/mol. The van der Waals surface area contributed by atoms with E-state index in [-0.39, 0.29) is 4.99 Å². The Kier molecular flexibility index (Phi) is 2.31. The molecule has 0 rings (SSSR count). The number of rotatable bonds is 1. The highest BCUT2D eigenvalue weighted by Gasteiger charge is 1.99. The molecule has 0 heterocycles. The van der Waals surface area contributed by atoms with Crippen LogP contribution < -0.4 is 5.73 Å². The van der Waals surface area contributed by atoms with Gasteiger partial charge in [0.05, 0.1) is 12.0 Å². The maximum Gasteiger partial charge on any atom is 0.111 e. The zero-order valence-electron chi connectivity index (χ0n) is 3.93. The second kappa shape index (κ2) is 2.54. The van der Waals surface area contributed by atoms with Gasteiger partial charge in [0.1, 0.15) is 4.99 Å². The Morgan fingerprint density at radius 1 is 2.00 bits per heavy atom.